The third-order valence-electron chi connectivity index (χ3n) is 7.10. The predicted octanol–water partition coefficient (Wildman–Crippen LogP) is 2.58. The Bertz CT molecular complexity index is 922. The quantitative estimate of drug-likeness (QED) is 0.656. The molecule has 5 atom stereocenters. The highest BCUT2D eigenvalue weighted by Gasteiger charge is 2.46. The molecule has 0 saturated carbocycles. The maximum atomic E-state index is 13.7. The summed E-state index contributed by atoms with van der Waals surface area (Å²) in [6.45, 7) is 6.70. The fraction of sp³-hybridized carbons (Fsp3) is 0.654. The van der Waals surface area contributed by atoms with E-state index in [1.807, 2.05) is 28.0 Å². The molecule has 8 nitrogen and oxygen atoms in total. The van der Waals surface area contributed by atoms with Crippen LogP contribution in [-0.4, -0.2) is 82.6 Å². The van der Waals surface area contributed by atoms with Crippen LogP contribution in [0.3, 0.4) is 0 Å². The van der Waals surface area contributed by atoms with E-state index in [1.54, 1.807) is 32.5 Å². The van der Waals surface area contributed by atoms with E-state index in [-0.39, 0.29) is 42.3 Å². The molecule has 3 fully saturated rings. The van der Waals surface area contributed by atoms with Gasteiger partial charge in [-0.05, 0) is 51.3 Å². The highest BCUT2D eigenvalue weighted by atomic mass is 32.2. The van der Waals surface area contributed by atoms with E-state index >= 15 is 0 Å². The smallest absolute Gasteiger partial charge is 0.407 e. The summed E-state index contributed by atoms with van der Waals surface area (Å²) in [4.78, 5) is 43.2. The molecule has 1 aromatic carbocycles. The first-order valence-corrected chi connectivity index (χ1v) is 13.8. The molecule has 192 valence electrons. The second kappa shape index (κ2) is 10.8. The minimum atomic E-state index is -0.602. The Morgan fingerprint density at radius 1 is 1.14 bits per heavy atom. The number of carbonyl (C=O) groups excluding carboxylic acids is 3. The lowest BCUT2D eigenvalue weighted by Gasteiger charge is -2.36. The lowest BCUT2D eigenvalue weighted by atomic mass is 9.95. The Hall–Kier alpha value is -2.26. The van der Waals surface area contributed by atoms with Crippen LogP contribution in [0.25, 0.3) is 0 Å². The maximum Gasteiger partial charge on any atom is 0.407 e. The van der Waals surface area contributed by atoms with Crippen molar-refractivity contribution in [3.05, 3.63) is 35.9 Å². The van der Waals surface area contributed by atoms with Crippen molar-refractivity contribution in [1.29, 1.82) is 0 Å². The van der Waals surface area contributed by atoms with Crippen molar-refractivity contribution in [2.24, 2.45) is 11.7 Å². The lowest BCUT2D eigenvalue weighted by Crippen LogP contribution is -2.54. The molecule has 0 bridgehead atoms. The summed E-state index contributed by atoms with van der Waals surface area (Å²) in [7, 11) is 0. The van der Waals surface area contributed by atoms with Crippen LogP contribution in [0, 0.1) is 5.92 Å². The number of likely N-dealkylation sites (tertiary alicyclic amines) is 1. The van der Waals surface area contributed by atoms with Crippen LogP contribution in [0.4, 0.5) is 4.79 Å². The second-order valence-corrected chi connectivity index (χ2v) is 12.0. The van der Waals surface area contributed by atoms with Crippen LogP contribution in [-0.2, 0) is 14.3 Å². The van der Waals surface area contributed by atoms with Gasteiger partial charge in [0.15, 0.2) is 0 Å². The first-order chi connectivity index (χ1) is 16.6. The number of fused-ring (bicyclic) bond motifs is 1. The zero-order valence-electron chi connectivity index (χ0n) is 20.9. The maximum absolute atomic E-state index is 13.7. The first kappa shape index (κ1) is 25.8. The van der Waals surface area contributed by atoms with Gasteiger partial charge in [-0.2, -0.15) is 11.8 Å². The van der Waals surface area contributed by atoms with Crippen molar-refractivity contribution >= 4 is 29.7 Å². The highest BCUT2D eigenvalue weighted by Crippen LogP contribution is 2.35. The number of rotatable bonds is 4. The minimum Gasteiger partial charge on any atom is -0.444 e. The standard InChI is InChI=1S/C26H38N4O4S/c1-26(2,3)34-25(33)28-13-18-16-35-12-11-19-9-10-22(30(19)23(18)31)24(32)29-14-20(21(27)15-29)17-7-5-4-6-8-17/h4-8,18-22H,9-16,27H2,1-3H3,(H,28,33)/t18?,19-,20+,21?,22+/m1/s1. The number of benzene rings is 1. The third kappa shape index (κ3) is 6.12. The fourth-order valence-corrected chi connectivity index (χ4v) is 6.56. The number of nitrogens with zero attached hydrogens (tertiary/aromatic N) is 2. The summed E-state index contributed by atoms with van der Waals surface area (Å²) in [6, 6.07) is 9.58. The van der Waals surface area contributed by atoms with E-state index in [1.165, 1.54) is 0 Å². The molecule has 1 aromatic rings. The number of ether oxygens (including phenoxy) is 1. The van der Waals surface area contributed by atoms with E-state index in [4.69, 9.17) is 10.5 Å². The van der Waals surface area contributed by atoms with Crippen LogP contribution < -0.4 is 11.1 Å². The summed E-state index contributed by atoms with van der Waals surface area (Å²) in [6.07, 6.45) is 1.87. The van der Waals surface area contributed by atoms with Crippen molar-refractivity contribution in [3.63, 3.8) is 0 Å². The van der Waals surface area contributed by atoms with Gasteiger partial charge in [0, 0.05) is 43.4 Å². The Morgan fingerprint density at radius 2 is 1.89 bits per heavy atom. The van der Waals surface area contributed by atoms with E-state index in [0.717, 1.165) is 24.2 Å². The van der Waals surface area contributed by atoms with Crippen LogP contribution >= 0.6 is 11.8 Å². The zero-order valence-corrected chi connectivity index (χ0v) is 21.8. The molecule has 35 heavy (non-hydrogen) atoms. The topological polar surface area (TPSA) is 105 Å². The molecule has 0 spiro atoms. The molecule has 3 N–H and O–H groups in total. The Balaban J connectivity index is 1.44. The average Bonchev–Trinajstić information content (AvgIpc) is 3.39. The Kier molecular flexibility index (Phi) is 7.96. The molecule has 0 aromatic heterocycles. The van der Waals surface area contributed by atoms with Gasteiger partial charge in [0.05, 0.1) is 5.92 Å². The van der Waals surface area contributed by atoms with E-state index in [0.29, 0.717) is 25.3 Å². The van der Waals surface area contributed by atoms with E-state index in [9.17, 15) is 14.4 Å². The van der Waals surface area contributed by atoms with Gasteiger partial charge in [0.1, 0.15) is 11.6 Å². The number of alkyl carbamates (subject to hydrolysis) is 1. The van der Waals surface area contributed by atoms with Crippen LogP contribution in [0.5, 0.6) is 0 Å². The molecular formula is C26H38N4O4S. The third-order valence-corrected chi connectivity index (χ3v) is 8.26. The fourth-order valence-electron chi connectivity index (χ4n) is 5.41. The summed E-state index contributed by atoms with van der Waals surface area (Å²) in [5, 5.41) is 2.76. The predicted molar refractivity (Wildman–Crippen MR) is 137 cm³/mol. The lowest BCUT2D eigenvalue weighted by molar-refractivity contribution is -0.147. The molecule has 3 heterocycles. The van der Waals surface area contributed by atoms with E-state index < -0.39 is 17.7 Å². The molecule has 3 amide bonds. The highest BCUT2D eigenvalue weighted by molar-refractivity contribution is 7.99. The summed E-state index contributed by atoms with van der Waals surface area (Å²) in [5.41, 5.74) is 6.99. The normalized spacial score (nSPS) is 29.4. The number of hydrogen-bond donors (Lipinski definition) is 2. The van der Waals surface area contributed by atoms with Crippen LogP contribution in [0.2, 0.25) is 0 Å². The van der Waals surface area contributed by atoms with Crippen molar-refractivity contribution in [1.82, 2.24) is 15.1 Å². The number of amides is 3. The summed E-state index contributed by atoms with van der Waals surface area (Å²) < 4.78 is 5.34. The van der Waals surface area contributed by atoms with Gasteiger partial charge in [0.25, 0.3) is 0 Å². The van der Waals surface area contributed by atoms with Gasteiger partial charge in [-0.3, -0.25) is 9.59 Å². The zero-order chi connectivity index (χ0) is 25.2. The molecule has 0 radical (unpaired) electrons. The second-order valence-electron chi connectivity index (χ2n) is 10.9. The number of hydrogen-bond acceptors (Lipinski definition) is 6. The van der Waals surface area contributed by atoms with Gasteiger partial charge < -0.3 is 25.6 Å². The number of nitrogens with two attached hydrogens (primary N) is 1. The average molecular weight is 503 g/mol. The van der Waals surface area contributed by atoms with Crippen molar-refractivity contribution in [2.75, 3.05) is 31.1 Å². The number of nitrogens with one attached hydrogen (secondary N) is 1. The molecular weight excluding hydrogens is 464 g/mol. The van der Waals surface area contributed by atoms with E-state index in [2.05, 4.69) is 17.4 Å². The monoisotopic (exact) mass is 502 g/mol. The molecule has 3 saturated heterocycles. The van der Waals surface area contributed by atoms with Crippen LogP contribution in [0.1, 0.15) is 51.5 Å². The molecule has 4 rings (SSSR count). The summed E-state index contributed by atoms with van der Waals surface area (Å²) in [5.74, 6) is 1.22. The van der Waals surface area contributed by atoms with Crippen molar-refractivity contribution in [2.45, 2.75) is 69.7 Å². The first-order valence-electron chi connectivity index (χ1n) is 12.6. The largest absolute Gasteiger partial charge is 0.444 e. The Labute approximate surface area is 212 Å². The molecule has 0 aliphatic carbocycles. The number of carbonyl (C=O) groups is 3. The van der Waals surface area contributed by atoms with Gasteiger partial charge in [-0.25, -0.2) is 4.79 Å². The van der Waals surface area contributed by atoms with Gasteiger partial charge in [-0.15, -0.1) is 0 Å². The minimum absolute atomic E-state index is 0.00168. The van der Waals surface area contributed by atoms with Gasteiger partial charge >= 0.3 is 6.09 Å². The molecule has 2 unspecified atom stereocenters. The SMILES string of the molecule is CC(C)(C)OC(=O)NCC1CSCC[C@H]2CC[C@@H](C(=O)N3CC(N)[C@H](c4ccccc4)C3)N2C1=O. The van der Waals surface area contributed by atoms with Gasteiger partial charge in [0.2, 0.25) is 11.8 Å². The van der Waals surface area contributed by atoms with Crippen molar-refractivity contribution < 1.29 is 19.1 Å². The number of thioether (sulfide) groups is 1. The molecule has 3 aliphatic heterocycles. The molecule has 3 aliphatic rings. The van der Waals surface area contributed by atoms with Gasteiger partial charge in [-0.1, -0.05) is 30.3 Å². The summed E-state index contributed by atoms with van der Waals surface area (Å²) >= 11 is 1.74. The van der Waals surface area contributed by atoms with Crippen LogP contribution in [0.15, 0.2) is 30.3 Å². The van der Waals surface area contributed by atoms with Crippen molar-refractivity contribution in [3.8, 4) is 0 Å². The molecule has 9 heteroatoms. The Morgan fingerprint density at radius 3 is 2.60 bits per heavy atom.